The highest BCUT2D eigenvalue weighted by Gasteiger charge is 2.10. The lowest BCUT2D eigenvalue weighted by Gasteiger charge is -2.05. The van der Waals surface area contributed by atoms with Crippen molar-refractivity contribution < 1.29 is 0 Å². The van der Waals surface area contributed by atoms with Gasteiger partial charge >= 0.3 is 0 Å². The second-order valence-corrected chi connectivity index (χ2v) is 4.04. The molecule has 0 aliphatic rings. The Hall–Kier alpha value is -1.33. The number of aromatic nitrogens is 4. The van der Waals surface area contributed by atoms with Crippen LogP contribution in [0.4, 0.5) is 0 Å². The van der Waals surface area contributed by atoms with E-state index in [1.54, 1.807) is 17.8 Å². The summed E-state index contributed by atoms with van der Waals surface area (Å²) in [5, 5.41) is 4.13. The maximum atomic E-state index is 11.8. The van der Waals surface area contributed by atoms with E-state index in [9.17, 15) is 4.79 Å². The molecule has 2 aromatic rings. The number of nitrogens with zero attached hydrogens (tertiary/aromatic N) is 4. The van der Waals surface area contributed by atoms with Crippen molar-refractivity contribution in [3.8, 4) is 5.82 Å². The Morgan fingerprint density at radius 2 is 2.06 bits per heavy atom. The second-order valence-electron chi connectivity index (χ2n) is 3.30. The van der Waals surface area contributed by atoms with Crippen molar-refractivity contribution in [2.45, 2.75) is 6.92 Å². The van der Waals surface area contributed by atoms with Crippen molar-refractivity contribution in [1.82, 2.24) is 19.3 Å². The molecule has 0 amide bonds. The van der Waals surface area contributed by atoms with Crippen LogP contribution in [0.25, 0.3) is 5.82 Å². The van der Waals surface area contributed by atoms with E-state index >= 15 is 0 Å². The summed E-state index contributed by atoms with van der Waals surface area (Å²) in [6.07, 6.45) is 1.41. The van der Waals surface area contributed by atoms with Crippen LogP contribution in [0.2, 0.25) is 10.3 Å². The van der Waals surface area contributed by atoms with Crippen LogP contribution in [0.1, 0.15) is 5.69 Å². The fourth-order valence-corrected chi connectivity index (χ4v) is 1.84. The Bertz CT molecular complexity index is 602. The largest absolute Gasteiger partial charge is 0.294 e. The zero-order valence-electron chi connectivity index (χ0n) is 8.61. The topological polar surface area (TPSA) is 52.7 Å². The first-order valence-corrected chi connectivity index (χ1v) is 5.20. The van der Waals surface area contributed by atoms with E-state index in [2.05, 4.69) is 10.1 Å². The fourth-order valence-electron chi connectivity index (χ4n) is 1.43. The second kappa shape index (κ2) is 3.92. The molecule has 0 bridgehead atoms. The molecule has 0 unspecified atom stereocenters. The predicted octanol–water partition coefficient (Wildman–Crippen LogP) is 1.58. The molecule has 2 heterocycles. The quantitative estimate of drug-likeness (QED) is 0.781. The third-order valence-corrected chi connectivity index (χ3v) is 2.49. The standard InChI is InChI=1S/C9H8Cl2N4O/c1-5-3-7(14(2)13-5)15-4-6(10)12-8(11)9(15)16/h3-4H,1-2H3. The smallest absolute Gasteiger partial charge is 0.265 e. The van der Waals surface area contributed by atoms with Crippen LogP contribution in [-0.2, 0) is 7.05 Å². The molecule has 5 nitrogen and oxygen atoms in total. The van der Waals surface area contributed by atoms with Crippen LogP contribution in [0.3, 0.4) is 0 Å². The summed E-state index contributed by atoms with van der Waals surface area (Å²) >= 11 is 11.4. The van der Waals surface area contributed by atoms with Crippen LogP contribution in [0.5, 0.6) is 0 Å². The van der Waals surface area contributed by atoms with Gasteiger partial charge in [0.15, 0.2) is 5.15 Å². The molecule has 0 N–H and O–H groups in total. The first kappa shape index (κ1) is 11.2. The van der Waals surface area contributed by atoms with Crippen molar-refractivity contribution in [1.29, 1.82) is 0 Å². The molecule has 0 radical (unpaired) electrons. The highest BCUT2D eigenvalue weighted by molar-refractivity contribution is 6.32. The third-order valence-electron chi connectivity index (χ3n) is 2.06. The molecule has 0 aliphatic carbocycles. The highest BCUT2D eigenvalue weighted by atomic mass is 35.5. The minimum atomic E-state index is -0.422. The maximum Gasteiger partial charge on any atom is 0.294 e. The summed E-state index contributed by atoms with van der Waals surface area (Å²) < 4.78 is 2.89. The highest BCUT2D eigenvalue weighted by Crippen LogP contribution is 2.11. The van der Waals surface area contributed by atoms with Gasteiger partial charge in [-0.3, -0.25) is 14.0 Å². The lowest BCUT2D eigenvalue weighted by Crippen LogP contribution is -2.21. The van der Waals surface area contributed by atoms with Crippen LogP contribution in [0.15, 0.2) is 17.1 Å². The minimum absolute atomic E-state index is 0.156. The average Bonchev–Trinajstić information content (AvgIpc) is 2.51. The molecule has 0 saturated heterocycles. The molecular weight excluding hydrogens is 251 g/mol. The molecule has 0 aromatic carbocycles. The Balaban J connectivity index is 2.74. The molecule has 2 aromatic heterocycles. The van der Waals surface area contributed by atoms with Crippen molar-refractivity contribution in [3.05, 3.63) is 38.6 Å². The van der Waals surface area contributed by atoms with E-state index in [4.69, 9.17) is 23.2 Å². The van der Waals surface area contributed by atoms with Crippen molar-refractivity contribution in [2.75, 3.05) is 0 Å². The molecule has 7 heteroatoms. The lowest BCUT2D eigenvalue weighted by atomic mass is 10.4. The summed E-state index contributed by atoms with van der Waals surface area (Å²) in [5.41, 5.74) is 0.377. The van der Waals surface area contributed by atoms with Crippen LogP contribution in [0, 0.1) is 6.92 Å². The van der Waals surface area contributed by atoms with Crippen LogP contribution in [-0.4, -0.2) is 19.3 Å². The molecule has 0 spiro atoms. The molecule has 0 saturated carbocycles. The van der Waals surface area contributed by atoms with Gasteiger partial charge in [-0.05, 0) is 6.92 Å². The minimum Gasteiger partial charge on any atom is -0.265 e. The van der Waals surface area contributed by atoms with Crippen LogP contribution < -0.4 is 5.56 Å². The number of hydrogen-bond donors (Lipinski definition) is 0. The van der Waals surface area contributed by atoms with Gasteiger partial charge in [0, 0.05) is 13.1 Å². The summed E-state index contributed by atoms with van der Waals surface area (Å²) in [7, 11) is 1.73. The van der Waals surface area contributed by atoms with Crippen molar-refractivity contribution in [2.24, 2.45) is 7.05 Å². The van der Waals surface area contributed by atoms with Gasteiger partial charge in [0.25, 0.3) is 5.56 Å². The number of halogens is 2. The van der Waals surface area contributed by atoms with Gasteiger partial charge in [0.2, 0.25) is 0 Å². The molecular formula is C9H8Cl2N4O. The van der Waals surface area contributed by atoms with Gasteiger partial charge in [0.05, 0.1) is 11.9 Å². The molecule has 0 fully saturated rings. The molecule has 84 valence electrons. The Morgan fingerprint density at radius 1 is 1.38 bits per heavy atom. The summed E-state index contributed by atoms with van der Waals surface area (Å²) in [4.78, 5) is 15.4. The van der Waals surface area contributed by atoms with E-state index in [0.29, 0.717) is 5.82 Å². The zero-order chi connectivity index (χ0) is 11.9. The zero-order valence-corrected chi connectivity index (χ0v) is 10.1. The molecule has 2 rings (SSSR count). The van der Waals surface area contributed by atoms with Crippen LogP contribution >= 0.6 is 23.2 Å². The van der Waals surface area contributed by atoms with E-state index in [1.807, 2.05) is 6.92 Å². The first-order valence-electron chi connectivity index (χ1n) is 4.45. The fraction of sp³-hybridized carbons (Fsp3) is 0.222. The van der Waals surface area contributed by atoms with E-state index in [0.717, 1.165) is 5.69 Å². The van der Waals surface area contributed by atoms with Gasteiger partial charge in [-0.1, -0.05) is 23.2 Å². The van der Waals surface area contributed by atoms with Crippen molar-refractivity contribution >= 4 is 23.2 Å². The van der Waals surface area contributed by atoms with Crippen molar-refractivity contribution in [3.63, 3.8) is 0 Å². The van der Waals surface area contributed by atoms with E-state index in [-0.39, 0.29) is 10.3 Å². The van der Waals surface area contributed by atoms with Gasteiger partial charge in [-0.25, -0.2) is 4.98 Å². The third kappa shape index (κ3) is 1.83. The molecule has 0 aliphatic heterocycles. The Morgan fingerprint density at radius 3 is 2.62 bits per heavy atom. The molecule has 16 heavy (non-hydrogen) atoms. The number of rotatable bonds is 1. The van der Waals surface area contributed by atoms with Gasteiger partial charge < -0.3 is 0 Å². The Kier molecular flexibility index (Phi) is 2.73. The Labute approximate surface area is 101 Å². The van der Waals surface area contributed by atoms with Gasteiger partial charge in [-0.2, -0.15) is 5.10 Å². The van der Waals surface area contributed by atoms with Gasteiger partial charge in [0.1, 0.15) is 11.0 Å². The average molecular weight is 259 g/mol. The monoisotopic (exact) mass is 258 g/mol. The lowest BCUT2D eigenvalue weighted by molar-refractivity contribution is 0.712. The summed E-state index contributed by atoms with van der Waals surface area (Å²) in [6.45, 7) is 1.83. The SMILES string of the molecule is Cc1cc(-n2cc(Cl)nc(Cl)c2=O)n(C)n1. The molecule has 0 atom stereocenters. The predicted molar refractivity (Wildman–Crippen MR) is 61.4 cm³/mol. The van der Waals surface area contributed by atoms with E-state index < -0.39 is 5.56 Å². The first-order chi connectivity index (χ1) is 7.49. The summed E-state index contributed by atoms with van der Waals surface area (Å²) in [6, 6.07) is 1.76. The number of hydrogen-bond acceptors (Lipinski definition) is 3. The van der Waals surface area contributed by atoms with Gasteiger partial charge in [-0.15, -0.1) is 0 Å². The number of aryl methyl sites for hydroxylation is 2. The normalized spacial score (nSPS) is 10.8. The van der Waals surface area contributed by atoms with E-state index in [1.165, 1.54) is 10.8 Å². The summed E-state index contributed by atoms with van der Waals surface area (Å²) in [5.74, 6) is 0.591. The maximum absolute atomic E-state index is 11.8.